The number of sulfonamides is 1. The molecule has 13 heteroatoms. The van der Waals surface area contributed by atoms with Crippen LogP contribution in [0, 0.1) is 5.92 Å². The minimum Gasteiger partial charge on any atom is -0.378 e. The third-order valence-electron chi connectivity index (χ3n) is 9.76. The van der Waals surface area contributed by atoms with Crippen LogP contribution in [0.2, 0.25) is 0 Å². The van der Waals surface area contributed by atoms with Gasteiger partial charge >= 0.3 is 0 Å². The maximum absolute atomic E-state index is 13.4. The Morgan fingerprint density at radius 1 is 1.08 bits per heavy atom. The summed E-state index contributed by atoms with van der Waals surface area (Å²) in [5.74, 6) is 0.785. The lowest BCUT2D eigenvalue weighted by molar-refractivity contribution is -0.0506. The molecule has 2 heterocycles. The molecule has 1 aromatic heterocycles. The number of methoxy groups -OCH3 is 1. The first kappa shape index (κ1) is 37.4. The number of thioether (sulfide) groups is 1. The fraction of sp³-hybridized carbons (Fsp3) is 0.528. The average Bonchev–Trinajstić information content (AvgIpc) is 3.54. The lowest BCUT2D eigenvalue weighted by Gasteiger charge is -2.44. The number of carbonyl (C=O) groups excluding carboxylic acids is 1. The van der Waals surface area contributed by atoms with Crippen LogP contribution in [0.15, 0.2) is 69.8 Å². The third-order valence-corrected chi connectivity index (χ3v) is 13.8. The molecule has 5 rings (SSSR count). The van der Waals surface area contributed by atoms with Gasteiger partial charge in [0.2, 0.25) is 0 Å². The maximum Gasteiger partial charge on any atom is 0.273 e. The van der Waals surface area contributed by atoms with E-state index in [2.05, 4.69) is 37.5 Å². The number of ether oxygens (including phenoxy) is 1. The van der Waals surface area contributed by atoms with Crippen molar-refractivity contribution in [1.29, 1.82) is 0 Å². The molecule has 1 saturated carbocycles. The number of hydrogen-bond donors (Lipinski definition) is 4. The zero-order valence-corrected chi connectivity index (χ0v) is 31.3. The van der Waals surface area contributed by atoms with Crippen LogP contribution in [-0.4, -0.2) is 82.7 Å². The van der Waals surface area contributed by atoms with Gasteiger partial charge in [0.25, 0.3) is 15.9 Å². The molecule has 1 aliphatic heterocycles. The van der Waals surface area contributed by atoms with E-state index in [-0.39, 0.29) is 27.1 Å². The van der Waals surface area contributed by atoms with Crippen molar-refractivity contribution in [2.24, 2.45) is 5.92 Å². The Morgan fingerprint density at radius 3 is 2.41 bits per heavy atom. The molecule has 49 heavy (non-hydrogen) atoms. The first-order valence-electron chi connectivity index (χ1n) is 17.2. The number of anilines is 3. The molecule has 0 bridgehead atoms. The summed E-state index contributed by atoms with van der Waals surface area (Å²) in [6, 6.07) is 18.5. The Bertz CT molecular complexity index is 1590. The largest absolute Gasteiger partial charge is 0.378 e. The smallest absolute Gasteiger partial charge is 0.273 e. The van der Waals surface area contributed by atoms with Crippen molar-refractivity contribution in [3.8, 4) is 0 Å². The van der Waals surface area contributed by atoms with Gasteiger partial charge in [0, 0.05) is 48.1 Å². The van der Waals surface area contributed by atoms with E-state index in [4.69, 9.17) is 4.74 Å². The summed E-state index contributed by atoms with van der Waals surface area (Å²) in [5.41, 5.74) is 3.55. The van der Waals surface area contributed by atoms with E-state index < -0.39 is 15.9 Å². The number of nitrogens with zero attached hydrogens (tertiary/aromatic N) is 2. The molecular weight excluding hydrogens is 679 g/mol. The molecule has 0 spiro atoms. The lowest BCUT2D eigenvalue weighted by atomic mass is 9.77. The number of carbonyl (C=O) groups is 1. The minimum atomic E-state index is -4.21. The summed E-state index contributed by atoms with van der Waals surface area (Å²) in [5, 5.41) is 13.8. The van der Waals surface area contributed by atoms with Gasteiger partial charge in [0.05, 0.1) is 11.3 Å². The van der Waals surface area contributed by atoms with E-state index in [1.165, 1.54) is 38.2 Å². The molecule has 1 atom stereocenters. The molecule has 2 fully saturated rings. The van der Waals surface area contributed by atoms with Crippen molar-refractivity contribution in [1.82, 2.24) is 9.62 Å². The van der Waals surface area contributed by atoms with Gasteiger partial charge in [0.1, 0.15) is 9.21 Å². The zero-order chi connectivity index (χ0) is 34.9. The van der Waals surface area contributed by atoms with E-state index in [1.807, 2.05) is 51.5 Å². The SMILES string of the molecule is COC1(CC2CCCCC2)CCN(c2ccc(C(=O)NS(=O)(=O)c3cc(NO)c(N[C@H](CCN(C)C)CSc4ccccc4)s3)cc2)CC1. The number of amides is 1. The molecule has 0 unspecified atom stereocenters. The standard InChI is InChI=1S/C36H51N5O5S3/c1-40(2)21-18-29(26-47-31-12-8-5-9-13-31)37-35-32(38-43)24-33(48-35)49(44,45)39-34(42)28-14-16-30(17-15-28)41-22-19-36(46-3,20-23-41)25-27-10-6-4-7-11-27/h5,8-9,12-17,24,27,29,37-38,43H,4,6-7,10-11,18-23,25-26H2,1-3H3,(H,39,42)/t29-/m1/s1. The van der Waals surface area contributed by atoms with Crippen LogP contribution in [0.5, 0.6) is 0 Å². The highest BCUT2D eigenvalue weighted by atomic mass is 32.2. The summed E-state index contributed by atoms with van der Waals surface area (Å²) in [4.78, 5) is 18.7. The summed E-state index contributed by atoms with van der Waals surface area (Å²) in [6.45, 7) is 2.57. The quantitative estimate of drug-likeness (QED) is 0.0894. The lowest BCUT2D eigenvalue weighted by Crippen LogP contribution is -2.47. The highest BCUT2D eigenvalue weighted by molar-refractivity contribution is 7.99. The zero-order valence-electron chi connectivity index (χ0n) is 28.8. The van der Waals surface area contributed by atoms with Crippen LogP contribution in [0.3, 0.4) is 0 Å². The van der Waals surface area contributed by atoms with Crippen LogP contribution in [0.4, 0.5) is 16.4 Å². The molecule has 1 aliphatic carbocycles. The highest BCUT2D eigenvalue weighted by Crippen LogP contribution is 2.39. The van der Waals surface area contributed by atoms with Crippen LogP contribution in [0.1, 0.15) is 68.1 Å². The van der Waals surface area contributed by atoms with Crippen molar-refractivity contribution >= 4 is 55.4 Å². The molecule has 0 radical (unpaired) electrons. The molecule has 2 aliphatic rings. The second kappa shape index (κ2) is 17.4. The van der Waals surface area contributed by atoms with Gasteiger partial charge in [-0.3, -0.25) is 15.5 Å². The number of rotatable bonds is 16. The fourth-order valence-corrected chi connectivity index (χ4v) is 10.2. The normalized spacial score (nSPS) is 17.5. The first-order chi connectivity index (χ1) is 23.6. The van der Waals surface area contributed by atoms with Gasteiger partial charge in [-0.25, -0.2) is 13.1 Å². The topological polar surface area (TPSA) is 123 Å². The second-order valence-corrected chi connectivity index (χ2v) is 17.6. The summed E-state index contributed by atoms with van der Waals surface area (Å²) in [6.07, 6.45) is 10.5. The van der Waals surface area contributed by atoms with Crippen molar-refractivity contribution in [3.05, 3.63) is 66.2 Å². The fourth-order valence-electron chi connectivity index (χ4n) is 6.84. The molecule has 2 aromatic carbocycles. The van der Waals surface area contributed by atoms with Crippen LogP contribution in [0.25, 0.3) is 0 Å². The van der Waals surface area contributed by atoms with E-state index in [1.54, 1.807) is 23.9 Å². The summed E-state index contributed by atoms with van der Waals surface area (Å²) >= 11 is 2.68. The highest BCUT2D eigenvalue weighted by Gasteiger charge is 2.37. The van der Waals surface area contributed by atoms with Crippen molar-refractivity contribution in [2.45, 2.75) is 78.5 Å². The van der Waals surface area contributed by atoms with Gasteiger partial charge in [-0.1, -0.05) is 50.3 Å². The number of hydrogen-bond acceptors (Lipinski definition) is 11. The van der Waals surface area contributed by atoms with E-state index in [9.17, 15) is 18.4 Å². The molecule has 268 valence electrons. The molecule has 4 N–H and O–H groups in total. The Kier molecular flexibility index (Phi) is 13.3. The number of nitrogens with one attached hydrogen (secondary N) is 3. The van der Waals surface area contributed by atoms with Gasteiger partial charge < -0.3 is 19.9 Å². The van der Waals surface area contributed by atoms with E-state index in [0.717, 1.165) is 78.9 Å². The first-order valence-corrected chi connectivity index (χ1v) is 20.5. The third kappa shape index (κ3) is 10.4. The molecule has 3 aromatic rings. The molecule has 1 saturated heterocycles. The Morgan fingerprint density at radius 2 is 1.78 bits per heavy atom. The predicted molar refractivity (Wildman–Crippen MR) is 201 cm³/mol. The average molecular weight is 730 g/mol. The molecule has 10 nitrogen and oxygen atoms in total. The summed E-state index contributed by atoms with van der Waals surface area (Å²) in [7, 11) is 1.66. The molecule has 1 amide bonds. The van der Waals surface area contributed by atoms with Gasteiger partial charge in [-0.15, -0.1) is 23.1 Å². The summed E-state index contributed by atoms with van der Waals surface area (Å²) < 4.78 is 35.0. The van der Waals surface area contributed by atoms with Crippen LogP contribution in [-0.2, 0) is 14.8 Å². The Labute approximate surface area is 300 Å². The van der Waals surface area contributed by atoms with Crippen LogP contribution < -0.4 is 20.4 Å². The number of thiophene rings is 1. The second-order valence-electron chi connectivity index (χ2n) is 13.5. The predicted octanol–water partition coefficient (Wildman–Crippen LogP) is 7.15. The van der Waals surface area contributed by atoms with Gasteiger partial charge in [-0.2, -0.15) is 0 Å². The van der Waals surface area contributed by atoms with Crippen molar-refractivity contribution in [2.75, 3.05) is 62.3 Å². The number of piperidine rings is 1. The monoisotopic (exact) mass is 729 g/mol. The van der Waals surface area contributed by atoms with Crippen molar-refractivity contribution in [3.63, 3.8) is 0 Å². The van der Waals surface area contributed by atoms with E-state index in [0.29, 0.717) is 5.00 Å². The Hall–Kier alpha value is -2.81. The number of benzene rings is 2. The minimum absolute atomic E-state index is 0.00951. The van der Waals surface area contributed by atoms with Gasteiger partial charge in [0.15, 0.2) is 0 Å². The maximum atomic E-state index is 13.4. The van der Waals surface area contributed by atoms with Gasteiger partial charge in [-0.05, 0) is 94.7 Å². The van der Waals surface area contributed by atoms with Crippen molar-refractivity contribution < 1.29 is 23.2 Å². The Balaban J connectivity index is 1.19. The van der Waals surface area contributed by atoms with E-state index >= 15 is 0 Å². The van der Waals surface area contributed by atoms with Crippen LogP contribution >= 0.6 is 23.1 Å². The molecular formula is C36H51N5O5S3.